The highest BCUT2D eigenvalue weighted by atomic mass is 35.5. The molecule has 21 heavy (non-hydrogen) atoms. The first-order valence-electron chi connectivity index (χ1n) is 5.49. The molecule has 1 fully saturated rings. The zero-order valence-corrected chi connectivity index (χ0v) is 11.9. The number of hydrogen-bond donors (Lipinski definition) is 1. The minimum Gasteiger partial charge on any atom is -0.454 e. The average Bonchev–Trinajstić information content (AvgIpc) is 2.32. The molecule has 114 valence electrons. The van der Waals surface area contributed by atoms with Crippen molar-refractivity contribution in [2.24, 2.45) is 5.14 Å². The van der Waals surface area contributed by atoms with Crippen molar-refractivity contribution in [3.05, 3.63) is 32.8 Å². The molecule has 0 unspecified atom stereocenters. The molecular formula is C10H9ClN2O7S. The maximum absolute atomic E-state index is 11.9. The van der Waals surface area contributed by atoms with Crippen LogP contribution in [0.3, 0.4) is 0 Å². The molecular weight excluding hydrogens is 328 g/mol. The molecule has 0 bridgehead atoms. The zero-order valence-electron chi connectivity index (χ0n) is 10.3. The Balaban J connectivity index is 2.50. The Morgan fingerprint density at radius 3 is 2.52 bits per heavy atom. The second kappa shape index (κ2) is 5.56. The first kappa shape index (κ1) is 15.6. The number of esters is 1. The van der Waals surface area contributed by atoms with Crippen LogP contribution in [0.2, 0.25) is 5.02 Å². The van der Waals surface area contributed by atoms with Gasteiger partial charge in [0, 0.05) is 12.1 Å². The molecule has 1 aliphatic rings. The Kier molecular flexibility index (Phi) is 4.14. The van der Waals surface area contributed by atoms with E-state index in [-0.39, 0.29) is 13.2 Å². The van der Waals surface area contributed by atoms with Crippen LogP contribution >= 0.6 is 11.6 Å². The van der Waals surface area contributed by atoms with Crippen molar-refractivity contribution in [2.75, 3.05) is 13.2 Å². The van der Waals surface area contributed by atoms with Crippen LogP contribution in [-0.2, 0) is 19.5 Å². The van der Waals surface area contributed by atoms with Gasteiger partial charge in [-0.2, -0.15) is 0 Å². The molecule has 11 heteroatoms. The third kappa shape index (κ3) is 3.29. The number of carbonyl (C=O) groups excluding carboxylic acids is 1. The molecule has 0 aromatic heterocycles. The Morgan fingerprint density at radius 1 is 1.48 bits per heavy atom. The van der Waals surface area contributed by atoms with Gasteiger partial charge in [0.2, 0.25) is 10.0 Å². The minimum absolute atomic E-state index is 0.195. The first-order chi connectivity index (χ1) is 9.70. The molecule has 0 amide bonds. The van der Waals surface area contributed by atoms with Gasteiger partial charge in [-0.1, -0.05) is 11.6 Å². The fourth-order valence-corrected chi connectivity index (χ4v) is 2.69. The SMILES string of the molecule is NS(=O)(=O)c1cc([N+](=O)[O-])cc(C(=O)OC2COC2)c1Cl. The van der Waals surface area contributed by atoms with E-state index >= 15 is 0 Å². The minimum atomic E-state index is -4.33. The topological polar surface area (TPSA) is 139 Å². The highest BCUT2D eigenvalue weighted by Gasteiger charge is 2.29. The summed E-state index contributed by atoms with van der Waals surface area (Å²) in [6.07, 6.45) is -0.495. The monoisotopic (exact) mass is 336 g/mol. The Bertz CT molecular complexity index is 714. The third-order valence-electron chi connectivity index (χ3n) is 2.64. The number of nitrogens with zero attached hydrogens (tertiary/aromatic N) is 1. The van der Waals surface area contributed by atoms with Crippen molar-refractivity contribution in [3.8, 4) is 0 Å². The number of nitro groups is 1. The lowest BCUT2D eigenvalue weighted by molar-refractivity contribution is -0.385. The van der Waals surface area contributed by atoms with Crippen LogP contribution < -0.4 is 5.14 Å². The van der Waals surface area contributed by atoms with Crippen LogP contribution in [0.25, 0.3) is 0 Å². The van der Waals surface area contributed by atoms with Gasteiger partial charge in [-0.3, -0.25) is 10.1 Å². The quantitative estimate of drug-likeness (QED) is 0.478. The number of benzene rings is 1. The molecule has 0 saturated carbocycles. The van der Waals surface area contributed by atoms with Gasteiger partial charge in [0.05, 0.1) is 28.7 Å². The van der Waals surface area contributed by atoms with Gasteiger partial charge < -0.3 is 9.47 Å². The summed E-state index contributed by atoms with van der Waals surface area (Å²) >= 11 is 5.80. The Labute approximate surface area is 123 Å². The zero-order chi connectivity index (χ0) is 15.8. The van der Waals surface area contributed by atoms with Gasteiger partial charge in [0.1, 0.15) is 11.0 Å². The third-order valence-corrected chi connectivity index (χ3v) is 4.10. The highest BCUT2D eigenvalue weighted by molar-refractivity contribution is 7.89. The van der Waals surface area contributed by atoms with E-state index in [1.54, 1.807) is 0 Å². The largest absolute Gasteiger partial charge is 0.454 e. The predicted molar refractivity (Wildman–Crippen MR) is 69.5 cm³/mol. The lowest BCUT2D eigenvalue weighted by Crippen LogP contribution is -2.37. The van der Waals surface area contributed by atoms with Crippen LogP contribution in [0.1, 0.15) is 10.4 Å². The number of nitro benzene ring substituents is 1. The first-order valence-corrected chi connectivity index (χ1v) is 7.42. The van der Waals surface area contributed by atoms with E-state index in [4.69, 9.17) is 26.2 Å². The Hall–Kier alpha value is -1.75. The number of halogens is 1. The van der Waals surface area contributed by atoms with Crippen LogP contribution in [-0.4, -0.2) is 38.6 Å². The van der Waals surface area contributed by atoms with Crippen molar-refractivity contribution < 1.29 is 27.6 Å². The van der Waals surface area contributed by atoms with Gasteiger partial charge >= 0.3 is 5.97 Å². The molecule has 1 heterocycles. The van der Waals surface area contributed by atoms with Crippen molar-refractivity contribution >= 4 is 33.3 Å². The van der Waals surface area contributed by atoms with E-state index in [0.29, 0.717) is 6.07 Å². The molecule has 0 radical (unpaired) electrons. The summed E-state index contributed by atoms with van der Waals surface area (Å²) in [4.78, 5) is 21.1. The molecule has 9 nitrogen and oxygen atoms in total. The number of non-ortho nitro benzene ring substituents is 1. The molecule has 1 aromatic rings. The summed E-state index contributed by atoms with van der Waals surface area (Å²) in [6, 6.07) is 1.51. The van der Waals surface area contributed by atoms with E-state index < -0.39 is 48.2 Å². The van der Waals surface area contributed by atoms with Gasteiger partial charge in [-0.25, -0.2) is 18.4 Å². The Morgan fingerprint density at radius 2 is 2.10 bits per heavy atom. The number of nitrogens with two attached hydrogens (primary N) is 1. The van der Waals surface area contributed by atoms with Crippen LogP contribution in [0.4, 0.5) is 5.69 Å². The van der Waals surface area contributed by atoms with Crippen LogP contribution in [0.15, 0.2) is 17.0 Å². The molecule has 0 aliphatic carbocycles. The van der Waals surface area contributed by atoms with E-state index in [2.05, 4.69) is 0 Å². The fourth-order valence-electron chi connectivity index (χ4n) is 1.54. The summed E-state index contributed by atoms with van der Waals surface area (Å²) in [5, 5.41) is 15.2. The normalized spacial score (nSPS) is 15.3. The number of sulfonamides is 1. The van der Waals surface area contributed by atoms with E-state index in [1.807, 2.05) is 0 Å². The van der Waals surface area contributed by atoms with Gasteiger partial charge in [0.15, 0.2) is 0 Å². The lowest BCUT2D eigenvalue weighted by Gasteiger charge is -2.25. The molecule has 2 N–H and O–H groups in total. The molecule has 0 spiro atoms. The molecule has 2 rings (SSSR count). The van der Waals surface area contributed by atoms with Crippen molar-refractivity contribution in [3.63, 3.8) is 0 Å². The maximum atomic E-state index is 11.9. The smallest absolute Gasteiger partial charge is 0.340 e. The summed E-state index contributed by atoms with van der Waals surface area (Å²) in [5.74, 6) is -0.984. The van der Waals surface area contributed by atoms with Crippen molar-refractivity contribution in [2.45, 2.75) is 11.0 Å². The lowest BCUT2D eigenvalue weighted by atomic mass is 10.2. The number of primary sulfonamides is 1. The molecule has 1 saturated heterocycles. The molecule has 0 atom stereocenters. The van der Waals surface area contributed by atoms with Crippen LogP contribution in [0.5, 0.6) is 0 Å². The highest BCUT2D eigenvalue weighted by Crippen LogP contribution is 2.30. The van der Waals surface area contributed by atoms with Crippen LogP contribution in [0, 0.1) is 10.1 Å². The summed E-state index contributed by atoms with van der Waals surface area (Å²) < 4.78 is 32.5. The number of carbonyl (C=O) groups is 1. The average molecular weight is 337 g/mol. The summed E-state index contributed by atoms with van der Waals surface area (Å²) in [7, 11) is -4.33. The van der Waals surface area contributed by atoms with Gasteiger partial charge in [-0.05, 0) is 0 Å². The van der Waals surface area contributed by atoms with E-state index in [1.165, 1.54) is 0 Å². The summed E-state index contributed by atoms with van der Waals surface area (Å²) in [6.45, 7) is 0.390. The molecule has 1 aliphatic heterocycles. The number of rotatable bonds is 4. The standard InChI is InChI=1S/C10H9ClN2O7S/c11-9-7(10(14)20-6-3-19-4-6)1-5(13(15)16)2-8(9)21(12,17)18/h1-2,6H,3-4H2,(H2,12,17,18). The van der Waals surface area contributed by atoms with Crippen molar-refractivity contribution in [1.82, 2.24) is 0 Å². The predicted octanol–water partition coefficient (Wildman–Crippen LogP) is 0.451. The number of hydrogen-bond acceptors (Lipinski definition) is 7. The van der Waals surface area contributed by atoms with E-state index in [0.717, 1.165) is 6.07 Å². The van der Waals surface area contributed by atoms with E-state index in [9.17, 15) is 23.3 Å². The maximum Gasteiger partial charge on any atom is 0.340 e. The van der Waals surface area contributed by atoms with Gasteiger partial charge in [-0.15, -0.1) is 0 Å². The second-order valence-electron chi connectivity index (χ2n) is 4.17. The fraction of sp³-hybridized carbons (Fsp3) is 0.300. The molecule has 1 aromatic carbocycles. The van der Waals surface area contributed by atoms with Crippen molar-refractivity contribution in [1.29, 1.82) is 0 Å². The van der Waals surface area contributed by atoms with Gasteiger partial charge in [0.25, 0.3) is 5.69 Å². The summed E-state index contributed by atoms with van der Waals surface area (Å²) in [5.41, 5.74) is -1.08. The number of ether oxygens (including phenoxy) is 2. The second-order valence-corrected chi connectivity index (χ2v) is 6.08.